The van der Waals surface area contributed by atoms with Gasteiger partial charge in [0.05, 0.1) is 6.04 Å². The SMILES string of the molecule is C[C@@H](C1CC1)N(C(=O)c1ncn([C@@H]2CCCNC2)n1)C1CC1. The average molecular weight is 303 g/mol. The highest BCUT2D eigenvalue weighted by Crippen LogP contribution is 2.40. The van der Waals surface area contributed by atoms with Crippen LogP contribution in [-0.2, 0) is 0 Å². The molecule has 1 aromatic heterocycles. The van der Waals surface area contributed by atoms with Crippen LogP contribution >= 0.6 is 0 Å². The van der Waals surface area contributed by atoms with E-state index in [9.17, 15) is 4.79 Å². The van der Waals surface area contributed by atoms with Crippen LogP contribution in [-0.4, -0.2) is 50.7 Å². The second-order valence-corrected chi connectivity index (χ2v) is 7.07. The zero-order valence-corrected chi connectivity index (χ0v) is 13.2. The summed E-state index contributed by atoms with van der Waals surface area (Å²) in [4.78, 5) is 19.3. The molecule has 1 aromatic rings. The van der Waals surface area contributed by atoms with E-state index in [0.717, 1.165) is 38.8 Å². The lowest BCUT2D eigenvalue weighted by Gasteiger charge is -2.28. The van der Waals surface area contributed by atoms with Gasteiger partial charge in [-0.2, -0.15) is 0 Å². The van der Waals surface area contributed by atoms with Crippen molar-refractivity contribution in [2.24, 2.45) is 5.92 Å². The number of aromatic nitrogens is 3. The molecule has 22 heavy (non-hydrogen) atoms. The molecule has 0 spiro atoms. The minimum atomic E-state index is 0.0319. The summed E-state index contributed by atoms with van der Waals surface area (Å²) in [6.45, 7) is 4.18. The summed E-state index contributed by atoms with van der Waals surface area (Å²) in [6.07, 6.45) is 8.78. The van der Waals surface area contributed by atoms with Gasteiger partial charge in [0.1, 0.15) is 6.33 Å². The molecule has 3 fully saturated rings. The summed E-state index contributed by atoms with van der Waals surface area (Å²) < 4.78 is 1.88. The molecule has 4 rings (SSSR count). The summed E-state index contributed by atoms with van der Waals surface area (Å²) in [7, 11) is 0. The fourth-order valence-electron chi connectivity index (χ4n) is 3.57. The Bertz CT molecular complexity index is 542. The van der Waals surface area contributed by atoms with E-state index in [2.05, 4.69) is 27.2 Å². The van der Waals surface area contributed by atoms with Crippen molar-refractivity contribution < 1.29 is 4.79 Å². The molecule has 0 bridgehead atoms. The van der Waals surface area contributed by atoms with E-state index in [0.29, 0.717) is 29.9 Å². The van der Waals surface area contributed by atoms with Gasteiger partial charge in [-0.1, -0.05) is 0 Å². The van der Waals surface area contributed by atoms with Crippen molar-refractivity contribution >= 4 is 5.91 Å². The van der Waals surface area contributed by atoms with E-state index in [-0.39, 0.29) is 5.91 Å². The first-order valence-electron chi connectivity index (χ1n) is 8.68. The number of rotatable bonds is 5. The quantitative estimate of drug-likeness (QED) is 0.897. The second-order valence-electron chi connectivity index (χ2n) is 7.07. The first-order chi connectivity index (χ1) is 10.7. The Balaban J connectivity index is 1.50. The summed E-state index contributed by atoms with van der Waals surface area (Å²) in [5, 5.41) is 7.88. The van der Waals surface area contributed by atoms with Crippen molar-refractivity contribution in [2.75, 3.05) is 13.1 Å². The van der Waals surface area contributed by atoms with Crippen molar-refractivity contribution in [3.05, 3.63) is 12.2 Å². The molecule has 1 saturated heterocycles. The molecule has 2 heterocycles. The molecule has 2 atom stereocenters. The number of piperidine rings is 1. The number of hydrogen-bond donors (Lipinski definition) is 1. The minimum Gasteiger partial charge on any atom is -0.330 e. The van der Waals surface area contributed by atoms with Crippen molar-refractivity contribution in [1.29, 1.82) is 0 Å². The fourth-order valence-corrected chi connectivity index (χ4v) is 3.57. The minimum absolute atomic E-state index is 0.0319. The van der Waals surface area contributed by atoms with E-state index in [4.69, 9.17) is 0 Å². The van der Waals surface area contributed by atoms with Crippen molar-refractivity contribution in [3.63, 3.8) is 0 Å². The van der Waals surface area contributed by atoms with Crippen molar-refractivity contribution in [3.8, 4) is 0 Å². The number of hydrogen-bond acceptors (Lipinski definition) is 4. The predicted octanol–water partition coefficient (Wildman–Crippen LogP) is 1.61. The predicted molar refractivity (Wildman–Crippen MR) is 82.5 cm³/mol. The summed E-state index contributed by atoms with van der Waals surface area (Å²) in [6, 6.07) is 1.09. The summed E-state index contributed by atoms with van der Waals surface area (Å²) in [5.41, 5.74) is 0. The molecular weight excluding hydrogens is 278 g/mol. The number of carbonyl (C=O) groups excluding carboxylic acids is 1. The van der Waals surface area contributed by atoms with Gasteiger partial charge in [0.15, 0.2) is 0 Å². The molecule has 1 N–H and O–H groups in total. The molecule has 0 unspecified atom stereocenters. The number of nitrogens with zero attached hydrogens (tertiary/aromatic N) is 4. The largest absolute Gasteiger partial charge is 0.330 e. The van der Waals surface area contributed by atoms with Gasteiger partial charge in [-0.3, -0.25) is 4.79 Å². The highest BCUT2D eigenvalue weighted by molar-refractivity contribution is 5.91. The topological polar surface area (TPSA) is 63.1 Å². The van der Waals surface area contributed by atoms with Crippen molar-refractivity contribution in [1.82, 2.24) is 25.0 Å². The van der Waals surface area contributed by atoms with E-state index in [1.807, 2.05) is 4.68 Å². The molecule has 6 nitrogen and oxygen atoms in total. The zero-order valence-electron chi connectivity index (χ0n) is 13.2. The Kier molecular flexibility index (Phi) is 3.64. The van der Waals surface area contributed by atoms with Crippen molar-refractivity contribution in [2.45, 2.75) is 63.6 Å². The summed E-state index contributed by atoms with van der Waals surface area (Å²) >= 11 is 0. The fraction of sp³-hybridized carbons (Fsp3) is 0.812. The van der Waals surface area contributed by atoms with Crippen LogP contribution in [0.15, 0.2) is 6.33 Å². The van der Waals surface area contributed by atoms with Crippen LogP contribution in [0.5, 0.6) is 0 Å². The van der Waals surface area contributed by atoms with Gasteiger partial charge in [-0.05, 0) is 57.9 Å². The Labute approximate surface area is 131 Å². The normalized spacial score (nSPS) is 26.7. The van der Waals surface area contributed by atoms with E-state index < -0.39 is 0 Å². The van der Waals surface area contributed by atoms with Gasteiger partial charge in [0.25, 0.3) is 5.91 Å². The third-order valence-electron chi connectivity index (χ3n) is 5.26. The Hall–Kier alpha value is -1.43. The van der Waals surface area contributed by atoms with Gasteiger partial charge in [-0.25, -0.2) is 9.67 Å². The van der Waals surface area contributed by atoms with Gasteiger partial charge in [-0.15, -0.1) is 5.10 Å². The third-order valence-corrected chi connectivity index (χ3v) is 5.26. The van der Waals surface area contributed by atoms with Gasteiger partial charge in [0.2, 0.25) is 5.82 Å². The lowest BCUT2D eigenvalue weighted by Crippen LogP contribution is -2.42. The van der Waals surface area contributed by atoms with Gasteiger partial charge < -0.3 is 10.2 Å². The lowest BCUT2D eigenvalue weighted by atomic mass is 10.1. The molecule has 120 valence electrons. The number of amides is 1. The Morgan fingerprint density at radius 1 is 1.36 bits per heavy atom. The second kappa shape index (κ2) is 5.65. The molecular formula is C16H25N5O. The van der Waals surface area contributed by atoms with Gasteiger partial charge >= 0.3 is 0 Å². The average Bonchev–Trinajstić information content (AvgIpc) is 3.47. The first-order valence-corrected chi connectivity index (χ1v) is 8.68. The van der Waals surface area contributed by atoms with Crippen LogP contribution in [0.4, 0.5) is 0 Å². The number of carbonyl (C=O) groups is 1. The van der Waals surface area contributed by atoms with Crippen LogP contribution in [0.2, 0.25) is 0 Å². The van der Waals surface area contributed by atoms with Crippen LogP contribution in [0, 0.1) is 5.92 Å². The molecule has 1 amide bonds. The number of nitrogens with one attached hydrogen (secondary N) is 1. The first kappa shape index (κ1) is 14.2. The molecule has 3 aliphatic rings. The molecule has 2 aliphatic carbocycles. The van der Waals surface area contributed by atoms with Crippen LogP contribution in [0.3, 0.4) is 0 Å². The van der Waals surface area contributed by atoms with Crippen LogP contribution < -0.4 is 5.32 Å². The van der Waals surface area contributed by atoms with E-state index >= 15 is 0 Å². The third kappa shape index (κ3) is 2.76. The molecule has 6 heteroatoms. The molecule has 1 aliphatic heterocycles. The molecule has 2 saturated carbocycles. The highest BCUT2D eigenvalue weighted by atomic mass is 16.2. The maximum absolute atomic E-state index is 12.9. The highest BCUT2D eigenvalue weighted by Gasteiger charge is 2.42. The standard InChI is InChI=1S/C16H25N5O/c1-11(12-4-5-12)21(13-6-7-13)16(22)15-18-10-20(19-15)14-3-2-8-17-9-14/h10-14,17H,2-9H2,1H3/t11-,14+/m0/s1. The smallest absolute Gasteiger partial charge is 0.294 e. The van der Waals surface area contributed by atoms with Crippen LogP contribution in [0.1, 0.15) is 62.1 Å². The Morgan fingerprint density at radius 2 is 2.18 bits per heavy atom. The zero-order chi connectivity index (χ0) is 15.1. The summed E-state index contributed by atoms with van der Waals surface area (Å²) in [5.74, 6) is 1.10. The maximum Gasteiger partial charge on any atom is 0.294 e. The van der Waals surface area contributed by atoms with Gasteiger partial charge in [0, 0.05) is 18.6 Å². The molecule has 0 aromatic carbocycles. The van der Waals surface area contributed by atoms with E-state index in [1.165, 1.54) is 12.8 Å². The molecule has 0 radical (unpaired) electrons. The van der Waals surface area contributed by atoms with Crippen LogP contribution in [0.25, 0.3) is 0 Å². The monoisotopic (exact) mass is 303 g/mol. The van der Waals surface area contributed by atoms with E-state index in [1.54, 1.807) is 6.33 Å². The maximum atomic E-state index is 12.9. The lowest BCUT2D eigenvalue weighted by molar-refractivity contribution is 0.0640. The Morgan fingerprint density at radius 3 is 2.82 bits per heavy atom.